The van der Waals surface area contributed by atoms with E-state index in [9.17, 15) is 27.5 Å². The van der Waals surface area contributed by atoms with Gasteiger partial charge in [-0.3, -0.25) is 4.79 Å². The summed E-state index contributed by atoms with van der Waals surface area (Å²) in [4.78, 5) is 24.1. The van der Waals surface area contributed by atoms with Gasteiger partial charge in [0.05, 0.1) is 23.1 Å². The first-order chi connectivity index (χ1) is 17.7. The van der Waals surface area contributed by atoms with Gasteiger partial charge in [-0.2, -0.15) is 18.3 Å². The number of hydrogen-bond donors (Lipinski definition) is 2. The number of pyridine rings is 1. The zero-order valence-corrected chi connectivity index (χ0v) is 19.6. The molecule has 3 aliphatic rings. The molecule has 0 radical (unpaired) electrons. The van der Waals surface area contributed by atoms with E-state index in [1.54, 1.807) is 0 Å². The molecule has 3 aromatic heterocycles. The van der Waals surface area contributed by atoms with Crippen LogP contribution in [-0.2, 0) is 15.7 Å². The van der Waals surface area contributed by atoms with E-state index in [0.29, 0.717) is 25.4 Å². The lowest BCUT2D eigenvalue weighted by Gasteiger charge is -2.29. The van der Waals surface area contributed by atoms with E-state index in [0.717, 1.165) is 44.1 Å². The Morgan fingerprint density at radius 2 is 2.00 bits per heavy atom. The van der Waals surface area contributed by atoms with Crippen LogP contribution < -0.4 is 5.32 Å². The largest absolute Gasteiger partial charge is 0.481 e. The summed E-state index contributed by atoms with van der Waals surface area (Å²) in [6, 6.07) is 0.428. The van der Waals surface area contributed by atoms with Crippen molar-refractivity contribution in [1.29, 1.82) is 0 Å². The predicted octanol–water partition coefficient (Wildman–Crippen LogP) is 4.66. The Hall–Kier alpha value is -3.35. The third kappa shape index (κ3) is 4.38. The molecule has 13 heteroatoms. The summed E-state index contributed by atoms with van der Waals surface area (Å²) >= 11 is 0. The standard InChI is InChI=1S/C24H24F4N6O3/c25-16-10-29-21(32-20(16)31-18-13(23(35)36)5-4-11-7-14(11)18)19-15-8-12(24(26,27)28)9-30-22(15)34(33-19)17-3-1-2-6-37-17/h8-11,13-14,17-18H,1-7H2,(H,35,36)(H,29,31,32)/t11-,13+,14+,17?,18-/m1/s1. The van der Waals surface area contributed by atoms with Crippen molar-refractivity contribution in [2.45, 2.75) is 57.0 Å². The van der Waals surface area contributed by atoms with Crippen molar-refractivity contribution in [2.75, 3.05) is 11.9 Å². The van der Waals surface area contributed by atoms with Crippen LogP contribution in [0.1, 0.15) is 50.3 Å². The summed E-state index contributed by atoms with van der Waals surface area (Å²) in [7, 11) is 0. The third-order valence-corrected chi connectivity index (χ3v) is 7.60. The van der Waals surface area contributed by atoms with Crippen molar-refractivity contribution in [2.24, 2.45) is 17.8 Å². The minimum Gasteiger partial charge on any atom is -0.481 e. The molecule has 0 bridgehead atoms. The molecule has 0 amide bonds. The number of aromatic nitrogens is 5. The Labute approximate surface area is 208 Å². The van der Waals surface area contributed by atoms with Gasteiger partial charge in [-0.1, -0.05) is 0 Å². The third-order valence-electron chi connectivity index (χ3n) is 7.60. The molecule has 1 unspecified atom stereocenters. The molecule has 1 saturated heterocycles. The van der Waals surface area contributed by atoms with Crippen LogP contribution in [0.5, 0.6) is 0 Å². The Morgan fingerprint density at radius 1 is 1.16 bits per heavy atom. The maximum Gasteiger partial charge on any atom is 0.417 e. The van der Waals surface area contributed by atoms with Gasteiger partial charge in [-0.05, 0) is 56.4 Å². The van der Waals surface area contributed by atoms with Crippen molar-refractivity contribution < 1.29 is 32.2 Å². The van der Waals surface area contributed by atoms with Crippen LogP contribution in [0.25, 0.3) is 22.6 Å². The minimum absolute atomic E-state index is 0.00792. The van der Waals surface area contributed by atoms with Gasteiger partial charge in [0.25, 0.3) is 0 Å². The van der Waals surface area contributed by atoms with E-state index in [1.165, 1.54) is 4.68 Å². The van der Waals surface area contributed by atoms with E-state index >= 15 is 0 Å². The number of ether oxygens (including phenoxy) is 1. The normalized spacial score (nSPS) is 27.6. The molecule has 3 aromatic rings. The Bertz CT molecular complexity index is 1360. The fourth-order valence-electron chi connectivity index (χ4n) is 5.60. The van der Waals surface area contributed by atoms with Crippen LogP contribution >= 0.6 is 0 Å². The highest BCUT2D eigenvalue weighted by atomic mass is 19.4. The van der Waals surface area contributed by atoms with Crippen molar-refractivity contribution >= 4 is 22.8 Å². The molecule has 9 nitrogen and oxygen atoms in total. The summed E-state index contributed by atoms with van der Waals surface area (Å²) in [5.41, 5.74) is -0.776. The molecule has 6 rings (SSSR count). The average molecular weight is 520 g/mol. The Morgan fingerprint density at radius 3 is 2.73 bits per heavy atom. The number of hydrogen-bond acceptors (Lipinski definition) is 7. The van der Waals surface area contributed by atoms with Crippen LogP contribution in [0.15, 0.2) is 18.5 Å². The number of anilines is 1. The lowest BCUT2D eigenvalue weighted by Crippen LogP contribution is -2.39. The summed E-state index contributed by atoms with van der Waals surface area (Å²) < 4.78 is 62.5. The number of carboxylic acid groups (broad SMARTS) is 1. The van der Waals surface area contributed by atoms with Crippen LogP contribution in [0.2, 0.25) is 0 Å². The SMILES string of the molecule is O=C(O)[C@H]1CC[C@@H]2C[C@@H]2[C@@H]1Nc1nc(-c2nn(C3CCCCO3)c3ncc(C(F)(F)F)cc23)ncc1F. The second-order valence-electron chi connectivity index (χ2n) is 9.95. The van der Waals surface area contributed by atoms with E-state index in [1.807, 2.05) is 0 Å². The highest BCUT2D eigenvalue weighted by molar-refractivity contribution is 5.90. The average Bonchev–Trinajstić information content (AvgIpc) is 3.57. The number of carbonyl (C=O) groups is 1. The van der Waals surface area contributed by atoms with Gasteiger partial charge in [-0.15, -0.1) is 0 Å². The molecule has 5 atom stereocenters. The number of alkyl halides is 3. The van der Waals surface area contributed by atoms with Crippen LogP contribution in [0.3, 0.4) is 0 Å². The Kier molecular flexibility index (Phi) is 5.77. The first-order valence-electron chi connectivity index (χ1n) is 12.3. The molecule has 37 heavy (non-hydrogen) atoms. The highest BCUT2D eigenvalue weighted by Gasteiger charge is 2.51. The monoisotopic (exact) mass is 520 g/mol. The topological polar surface area (TPSA) is 115 Å². The maximum absolute atomic E-state index is 14.8. The van der Waals surface area contributed by atoms with Gasteiger partial charge in [0, 0.05) is 18.8 Å². The van der Waals surface area contributed by atoms with Crippen LogP contribution in [-0.4, -0.2) is 48.5 Å². The van der Waals surface area contributed by atoms with Gasteiger partial charge >= 0.3 is 12.1 Å². The van der Waals surface area contributed by atoms with Crippen LogP contribution in [0, 0.1) is 23.6 Å². The molecule has 4 heterocycles. The zero-order valence-electron chi connectivity index (χ0n) is 19.6. The predicted molar refractivity (Wildman–Crippen MR) is 122 cm³/mol. The number of nitrogens with zero attached hydrogens (tertiary/aromatic N) is 5. The molecule has 3 fully saturated rings. The Balaban J connectivity index is 1.42. The summed E-state index contributed by atoms with van der Waals surface area (Å²) in [5, 5.41) is 17.2. The summed E-state index contributed by atoms with van der Waals surface area (Å²) in [6.45, 7) is 0.484. The molecule has 2 N–H and O–H groups in total. The molecular formula is C24H24F4N6O3. The van der Waals surface area contributed by atoms with Crippen molar-refractivity contribution in [3.8, 4) is 11.5 Å². The van der Waals surface area contributed by atoms with Crippen LogP contribution in [0.4, 0.5) is 23.4 Å². The molecule has 0 aromatic carbocycles. The molecule has 2 saturated carbocycles. The fraction of sp³-hybridized carbons (Fsp3) is 0.542. The van der Waals surface area contributed by atoms with Gasteiger partial charge < -0.3 is 15.2 Å². The lowest BCUT2D eigenvalue weighted by atomic mass is 9.84. The van der Waals surface area contributed by atoms with Gasteiger partial charge in [-0.25, -0.2) is 24.0 Å². The molecule has 0 spiro atoms. The summed E-state index contributed by atoms with van der Waals surface area (Å²) in [6.07, 6.45) is 1.00. The number of fused-ring (bicyclic) bond motifs is 2. The molecule has 1 aliphatic heterocycles. The quantitative estimate of drug-likeness (QED) is 0.467. The molecule has 2 aliphatic carbocycles. The van der Waals surface area contributed by atoms with Gasteiger partial charge in [0.1, 0.15) is 5.69 Å². The van der Waals surface area contributed by atoms with E-state index < -0.39 is 41.7 Å². The minimum atomic E-state index is -4.63. The highest BCUT2D eigenvalue weighted by Crippen LogP contribution is 2.52. The van der Waals surface area contributed by atoms with Gasteiger partial charge in [0.2, 0.25) is 0 Å². The first kappa shape index (κ1) is 24.0. The second kappa shape index (κ2) is 8.89. The van der Waals surface area contributed by atoms with E-state index in [2.05, 4.69) is 25.4 Å². The summed E-state index contributed by atoms with van der Waals surface area (Å²) in [5.74, 6) is -2.23. The fourth-order valence-corrected chi connectivity index (χ4v) is 5.60. The number of rotatable bonds is 5. The van der Waals surface area contributed by atoms with E-state index in [4.69, 9.17) is 4.74 Å². The molecule has 196 valence electrons. The van der Waals surface area contributed by atoms with Crippen molar-refractivity contribution in [3.63, 3.8) is 0 Å². The number of aliphatic carboxylic acids is 1. The van der Waals surface area contributed by atoms with Crippen molar-refractivity contribution in [1.82, 2.24) is 24.7 Å². The second-order valence-corrected chi connectivity index (χ2v) is 9.95. The first-order valence-corrected chi connectivity index (χ1v) is 12.3. The maximum atomic E-state index is 14.8. The van der Waals surface area contributed by atoms with E-state index in [-0.39, 0.29) is 34.3 Å². The smallest absolute Gasteiger partial charge is 0.417 e. The number of carboxylic acids is 1. The number of halogens is 4. The lowest BCUT2D eigenvalue weighted by molar-refractivity contribution is -0.143. The number of nitrogens with one attached hydrogen (secondary N) is 1. The van der Waals surface area contributed by atoms with Crippen molar-refractivity contribution in [3.05, 3.63) is 29.8 Å². The van der Waals surface area contributed by atoms with Gasteiger partial charge in [0.15, 0.2) is 29.3 Å². The zero-order chi connectivity index (χ0) is 25.9. The molecular weight excluding hydrogens is 496 g/mol.